The highest BCUT2D eigenvalue weighted by molar-refractivity contribution is 7.80. The highest BCUT2D eigenvalue weighted by Gasteiger charge is 2.08. The molecule has 0 saturated carbocycles. The van der Waals surface area contributed by atoms with Crippen molar-refractivity contribution in [3.05, 3.63) is 65.2 Å². The highest BCUT2D eigenvalue weighted by Crippen LogP contribution is 2.11. The van der Waals surface area contributed by atoms with E-state index in [9.17, 15) is 9.59 Å². The van der Waals surface area contributed by atoms with Crippen LogP contribution in [0.4, 0.5) is 0 Å². The van der Waals surface area contributed by atoms with E-state index in [4.69, 9.17) is 17.0 Å². The Bertz CT molecular complexity index is 793. The Hall–Kier alpha value is -2.93. The maximum atomic E-state index is 12.0. The fourth-order valence-corrected chi connectivity index (χ4v) is 2.18. The normalized spacial score (nSPS) is 9.84. The molecule has 2 rings (SSSR count). The third-order valence-electron chi connectivity index (χ3n) is 3.18. The van der Waals surface area contributed by atoms with Crippen LogP contribution in [-0.2, 0) is 4.79 Å². The molecular formula is C18H19N3O3S. The van der Waals surface area contributed by atoms with Crippen molar-refractivity contribution in [3.8, 4) is 5.75 Å². The number of carbonyl (C=O) groups is 2. The third kappa shape index (κ3) is 6.23. The molecule has 130 valence electrons. The van der Waals surface area contributed by atoms with Crippen molar-refractivity contribution < 1.29 is 14.3 Å². The van der Waals surface area contributed by atoms with Crippen LogP contribution >= 0.6 is 12.2 Å². The lowest BCUT2D eigenvalue weighted by Gasteiger charge is -2.11. The molecule has 0 bridgehead atoms. The number of hydrazine groups is 1. The number of ether oxygens (including phenoxy) is 1. The number of carbonyl (C=O) groups excluding carboxylic acids is 2. The van der Waals surface area contributed by atoms with Gasteiger partial charge in [0.25, 0.3) is 11.8 Å². The molecule has 0 atom stereocenters. The zero-order chi connectivity index (χ0) is 18.2. The number of benzene rings is 2. The minimum atomic E-state index is -0.427. The van der Waals surface area contributed by atoms with Crippen LogP contribution in [0.15, 0.2) is 48.5 Å². The van der Waals surface area contributed by atoms with E-state index < -0.39 is 5.91 Å². The first-order valence-corrected chi connectivity index (χ1v) is 8.01. The van der Waals surface area contributed by atoms with E-state index >= 15 is 0 Å². The number of rotatable bonds is 4. The fourth-order valence-electron chi connectivity index (χ4n) is 2.02. The van der Waals surface area contributed by atoms with Gasteiger partial charge in [-0.15, -0.1) is 0 Å². The van der Waals surface area contributed by atoms with Gasteiger partial charge in [0.15, 0.2) is 11.7 Å². The van der Waals surface area contributed by atoms with Crippen LogP contribution in [0.5, 0.6) is 5.75 Å². The molecule has 0 fully saturated rings. The highest BCUT2D eigenvalue weighted by atomic mass is 32.1. The van der Waals surface area contributed by atoms with Gasteiger partial charge in [0.05, 0.1) is 0 Å². The fraction of sp³-hybridized carbons (Fsp3) is 0.167. The van der Waals surface area contributed by atoms with Crippen molar-refractivity contribution in [2.45, 2.75) is 13.8 Å². The summed E-state index contributed by atoms with van der Waals surface area (Å²) in [5, 5.41) is 2.41. The quantitative estimate of drug-likeness (QED) is 0.576. The number of thiocarbonyl (C=S) groups is 1. The SMILES string of the molecule is Cc1cccc(OCC(=O)NC(=S)NNC(=O)c2cccc(C)c2)c1. The van der Waals surface area contributed by atoms with Crippen LogP contribution in [0.1, 0.15) is 21.5 Å². The van der Waals surface area contributed by atoms with Gasteiger partial charge in [-0.1, -0.05) is 29.8 Å². The maximum absolute atomic E-state index is 12.0. The predicted octanol–water partition coefficient (Wildman–Crippen LogP) is 2.02. The van der Waals surface area contributed by atoms with Crippen LogP contribution < -0.4 is 20.9 Å². The number of amides is 2. The molecule has 0 spiro atoms. The van der Waals surface area contributed by atoms with Crippen LogP contribution in [0.25, 0.3) is 0 Å². The van der Waals surface area contributed by atoms with Crippen LogP contribution in [0, 0.1) is 13.8 Å². The van der Waals surface area contributed by atoms with Crippen LogP contribution in [0.2, 0.25) is 0 Å². The summed E-state index contributed by atoms with van der Waals surface area (Å²) in [7, 11) is 0. The van der Waals surface area contributed by atoms with Crippen LogP contribution in [0.3, 0.4) is 0 Å². The van der Waals surface area contributed by atoms with Gasteiger partial charge in [-0.2, -0.15) is 0 Å². The Balaban J connectivity index is 1.74. The van der Waals surface area contributed by atoms with Crippen molar-refractivity contribution in [2.75, 3.05) is 6.61 Å². The minimum Gasteiger partial charge on any atom is -0.484 e. The second-order valence-electron chi connectivity index (χ2n) is 5.43. The molecule has 0 heterocycles. The van der Waals surface area contributed by atoms with Gasteiger partial charge in [0, 0.05) is 5.56 Å². The molecule has 0 aliphatic heterocycles. The van der Waals surface area contributed by atoms with E-state index in [1.54, 1.807) is 24.3 Å². The summed E-state index contributed by atoms with van der Waals surface area (Å²) in [6.45, 7) is 3.64. The summed E-state index contributed by atoms with van der Waals surface area (Å²) >= 11 is 4.96. The third-order valence-corrected chi connectivity index (χ3v) is 3.39. The Morgan fingerprint density at radius 2 is 1.68 bits per heavy atom. The van der Waals surface area contributed by atoms with E-state index in [0.29, 0.717) is 11.3 Å². The molecular weight excluding hydrogens is 338 g/mol. The Labute approximate surface area is 151 Å². The number of hydrogen-bond acceptors (Lipinski definition) is 4. The van der Waals surface area contributed by atoms with Gasteiger partial charge in [-0.25, -0.2) is 0 Å². The Morgan fingerprint density at radius 1 is 1.00 bits per heavy atom. The average molecular weight is 357 g/mol. The molecule has 0 unspecified atom stereocenters. The predicted molar refractivity (Wildman–Crippen MR) is 99.2 cm³/mol. The van der Waals surface area contributed by atoms with E-state index in [2.05, 4.69) is 16.2 Å². The van der Waals surface area contributed by atoms with E-state index in [1.807, 2.05) is 38.1 Å². The van der Waals surface area contributed by atoms with Gasteiger partial charge in [0.2, 0.25) is 0 Å². The monoisotopic (exact) mass is 357 g/mol. The summed E-state index contributed by atoms with van der Waals surface area (Å²) < 4.78 is 5.37. The molecule has 6 nitrogen and oxygen atoms in total. The van der Waals surface area contributed by atoms with E-state index in [0.717, 1.165) is 11.1 Å². The van der Waals surface area contributed by atoms with Crippen LogP contribution in [-0.4, -0.2) is 23.5 Å². The second-order valence-corrected chi connectivity index (χ2v) is 5.84. The summed E-state index contributed by atoms with van der Waals surface area (Å²) in [6.07, 6.45) is 0. The zero-order valence-corrected chi connectivity index (χ0v) is 14.8. The Morgan fingerprint density at radius 3 is 2.36 bits per heavy atom. The second kappa shape index (κ2) is 8.79. The lowest BCUT2D eigenvalue weighted by atomic mass is 10.1. The molecule has 0 radical (unpaired) electrons. The molecule has 7 heteroatoms. The van der Waals surface area contributed by atoms with Gasteiger partial charge >= 0.3 is 0 Å². The van der Waals surface area contributed by atoms with Gasteiger partial charge in [-0.3, -0.25) is 25.8 Å². The maximum Gasteiger partial charge on any atom is 0.269 e. The molecule has 2 aromatic carbocycles. The van der Waals surface area contributed by atoms with Crippen molar-refractivity contribution in [3.63, 3.8) is 0 Å². The van der Waals surface area contributed by atoms with Gasteiger partial charge < -0.3 is 4.74 Å². The first-order chi connectivity index (χ1) is 11.9. The molecule has 0 aromatic heterocycles. The molecule has 2 aromatic rings. The topological polar surface area (TPSA) is 79.5 Å². The number of nitrogens with one attached hydrogen (secondary N) is 3. The lowest BCUT2D eigenvalue weighted by Crippen LogP contribution is -2.49. The summed E-state index contributed by atoms with van der Waals surface area (Å²) in [4.78, 5) is 23.8. The summed E-state index contributed by atoms with van der Waals surface area (Å²) in [5.41, 5.74) is 7.41. The molecule has 25 heavy (non-hydrogen) atoms. The van der Waals surface area contributed by atoms with Gasteiger partial charge in [-0.05, 0) is 55.9 Å². The lowest BCUT2D eigenvalue weighted by molar-refractivity contribution is -0.121. The number of aryl methyl sites for hydroxylation is 2. The molecule has 0 aliphatic carbocycles. The molecule has 0 aliphatic rings. The standard InChI is InChI=1S/C18H19N3O3S/c1-12-5-3-7-14(9-12)17(23)20-21-18(25)19-16(22)11-24-15-8-4-6-13(2)10-15/h3-10H,11H2,1-2H3,(H,20,23)(H2,19,21,22,25). The molecule has 2 amide bonds. The van der Waals surface area contributed by atoms with Crippen molar-refractivity contribution in [1.29, 1.82) is 0 Å². The summed E-state index contributed by atoms with van der Waals surface area (Å²) in [5.74, 6) is -0.179. The minimum absolute atomic E-state index is 0.0150. The largest absolute Gasteiger partial charge is 0.484 e. The van der Waals surface area contributed by atoms with E-state index in [-0.39, 0.29) is 17.6 Å². The zero-order valence-electron chi connectivity index (χ0n) is 14.0. The average Bonchev–Trinajstić information content (AvgIpc) is 2.58. The molecule has 0 saturated heterocycles. The van der Waals surface area contributed by atoms with Crippen molar-refractivity contribution >= 4 is 29.1 Å². The Kier molecular flexibility index (Phi) is 6.47. The van der Waals surface area contributed by atoms with Crippen molar-refractivity contribution in [2.24, 2.45) is 0 Å². The molecule has 3 N–H and O–H groups in total. The van der Waals surface area contributed by atoms with Crippen molar-refractivity contribution in [1.82, 2.24) is 16.2 Å². The van der Waals surface area contributed by atoms with E-state index in [1.165, 1.54) is 0 Å². The number of hydrogen-bond donors (Lipinski definition) is 3. The summed E-state index contributed by atoms with van der Waals surface area (Å²) in [6, 6.07) is 14.5. The first kappa shape index (κ1) is 18.4. The smallest absolute Gasteiger partial charge is 0.269 e. The van der Waals surface area contributed by atoms with Gasteiger partial charge in [0.1, 0.15) is 5.75 Å². The first-order valence-electron chi connectivity index (χ1n) is 7.60.